The van der Waals surface area contributed by atoms with Gasteiger partial charge in [0.25, 0.3) is 5.91 Å². The van der Waals surface area contributed by atoms with Crippen molar-refractivity contribution in [2.75, 3.05) is 0 Å². The zero-order valence-electron chi connectivity index (χ0n) is 12.7. The summed E-state index contributed by atoms with van der Waals surface area (Å²) in [6.45, 7) is 3.88. The fraction of sp³-hybridized carbons (Fsp3) is 0.188. The van der Waals surface area contributed by atoms with Crippen LogP contribution in [0.2, 0.25) is 0 Å². The number of hydrogen-bond acceptors (Lipinski definition) is 4. The molecule has 6 nitrogen and oxygen atoms in total. The SMILES string of the molecule is Cc1ccc(-c2cc(C(=O)NN)c3c(C)nn(C)c3n2)cc1. The van der Waals surface area contributed by atoms with Gasteiger partial charge in [-0.15, -0.1) is 0 Å². The van der Waals surface area contributed by atoms with E-state index >= 15 is 0 Å². The summed E-state index contributed by atoms with van der Waals surface area (Å²) in [5.74, 6) is 4.96. The molecule has 0 saturated carbocycles. The Labute approximate surface area is 127 Å². The van der Waals surface area contributed by atoms with E-state index in [1.165, 1.54) is 5.56 Å². The number of aryl methyl sites for hydroxylation is 3. The molecule has 2 aromatic heterocycles. The summed E-state index contributed by atoms with van der Waals surface area (Å²) in [6, 6.07) is 9.74. The van der Waals surface area contributed by atoms with Crippen LogP contribution in [0.3, 0.4) is 0 Å². The lowest BCUT2D eigenvalue weighted by Crippen LogP contribution is -2.30. The molecule has 3 rings (SSSR count). The Kier molecular flexibility index (Phi) is 3.38. The summed E-state index contributed by atoms with van der Waals surface area (Å²) in [5, 5.41) is 5.07. The van der Waals surface area contributed by atoms with Gasteiger partial charge in [-0.1, -0.05) is 29.8 Å². The van der Waals surface area contributed by atoms with E-state index in [1.807, 2.05) is 45.2 Å². The van der Waals surface area contributed by atoms with Crippen LogP contribution in [0.25, 0.3) is 22.3 Å². The fourth-order valence-electron chi connectivity index (χ4n) is 2.57. The van der Waals surface area contributed by atoms with Crippen LogP contribution in [0.1, 0.15) is 21.6 Å². The number of nitrogen functional groups attached to an aromatic ring is 1. The first-order valence-electron chi connectivity index (χ1n) is 6.93. The maximum Gasteiger partial charge on any atom is 0.266 e. The molecule has 0 atom stereocenters. The highest BCUT2D eigenvalue weighted by atomic mass is 16.2. The number of benzene rings is 1. The number of nitrogens with zero attached hydrogens (tertiary/aromatic N) is 3. The molecule has 1 amide bonds. The molecule has 112 valence electrons. The average Bonchev–Trinajstić information content (AvgIpc) is 2.81. The first kappa shape index (κ1) is 14.2. The second-order valence-corrected chi connectivity index (χ2v) is 5.30. The van der Waals surface area contributed by atoms with Crippen LogP contribution in [0.5, 0.6) is 0 Å². The highest BCUT2D eigenvalue weighted by molar-refractivity contribution is 6.07. The Hall–Kier alpha value is -2.73. The van der Waals surface area contributed by atoms with Gasteiger partial charge >= 0.3 is 0 Å². The number of nitrogens with two attached hydrogens (primary N) is 1. The minimum Gasteiger partial charge on any atom is -0.290 e. The number of amides is 1. The number of carbonyl (C=O) groups excluding carboxylic acids is 1. The number of hydrazine groups is 1. The predicted molar refractivity (Wildman–Crippen MR) is 85.1 cm³/mol. The van der Waals surface area contributed by atoms with Crippen molar-refractivity contribution in [2.24, 2.45) is 12.9 Å². The van der Waals surface area contributed by atoms with Crippen molar-refractivity contribution in [3.8, 4) is 11.3 Å². The van der Waals surface area contributed by atoms with E-state index in [9.17, 15) is 4.79 Å². The van der Waals surface area contributed by atoms with E-state index in [0.29, 0.717) is 16.9 Å². The van der Waals surface area contributed by atoms with Crippen LogP contribution in [0, 0.1) is 13.8 Å². The molecule has 0 aliphatic rings. The molecule has 1 aromatic carbocycles. The van der Waals surface area contributed by atoms with Gasteiger partial charge in [0.15, 0.2) is 5.65 Å². The van der Waals surface area contributed by atoms with Gasteiger partial charge in [0.05, 0.1) is 22.3 Å². The summed E-state index contributed by atoms with van der Waals surface area (Å²) in [6.07, 6.45) is 0. The Morgan fingerprint density at radius 1 is 1.23 bits per heavy atom. The molecule has 0 unspecified atom stereocenters. The lowest BCUT2D eigenvalue weighted by molar-refractivity contribution is 0.0955. The van der Waals surface area contributed by atoms with E-state index in [4.69, 9.17) is 5.84 Å². The van der Waals surface area contributed by atoms with Crippen LogP contribution in [-0.4, -0.2) is 20.7 Å². The standard InChI is InChI=1S/C16H17N5O/c1-9-4-6-11(7-5-9)13-8-12(16(22)19-17)14-10(2)20-21(3)15(14)18-13/h4-8H,17H2,1-3H3,(H,19,22). The van der Waals surface area contributed by atoms with Crippen LogP contribution >= 0.6 is 0 Å². The van der Waals surface area contributed by atoms with E-state index < -0.39 is 0 Å². The van der Waals surface area contributed by atoms with Crippen molar-refractivity contribution >= 4 is 16.9 Å². The summed E-state index contributed by atoms with van der Waals surface area (Å²) < 4.78 is 1.68. The molecule has 3 aromatic rings. The zero-order valence-corrected chi connectivity index (χ0v) is 12.7. The maximum absolute atomic E-state index is 12.1. The van der Waals surface area contributed by atoms with Gasteiger partial charge in [0.1, 0.15) is 0 Å². The molecular weight excluding hydrogens is 278 g/mol. The number of carbonyl (C=O) groups is 1. The molecule has 22 heavy (non-hydrogen) atoms. The van der Waals surface area contributed by atoms with Crippen molar-refractivity contribution in [1.82, 2.24) is 20.2 Å². The van der Waals surface area contributed by atoms with Crippen LogP contribution in [-0.2, 0) is 7.05 Å². The van der Waals surface area contributed by atoms with Crippen LogP contribution in [0.15, 0.2) is 30.3 Å². The highest BCUT2D eigenvalue weighted by Crippen LogP contribution is 2.26. The first-order valence-corrected chi connectivity index (χ1v) is 6.93. The summed E-state index contributed by atoms with van der Waals surface area (Å²) >= 11 is 0. The number of nitrogens with one attached hydrogen (secondary N) is 1. The monoisotopic (exact) mass is 295 g/mol. The van der Waals surface area contributed by atoms with Crippen LogP contribution < -0.4 is 11.3 Å². The van der Waals surface area contributed by atoms with E-state index in [2.05, 4.69) is 15.5 Å². The van der Waals surface area contributed by atoms with Gasteiger partial charge < -0.3 is 0 Å². The lowest BCUT2D eigenvalue weighted by atomic mass is 10.0. The number of rotatable bonds is 2. The summed E-state index contributed by atoms with van der Waals surface area (Å²) in [5.41, 5.74) is 6.91. The second kappa shape index (κ2) is 5.23. The number of hydrogen-bond donors (Lipinski definition) is 2. The zero-order chi connectivity index (χ0) is 15.9. The molecule has 0 bridgehead atoms. The van der Waals surface area contributed by atoms with Crippen molar-refractivity contribution in [3.05, 3.63) is 47.2 Å². The van der Waals surface area contributed by atoms with Crippen molar-refractivity contribution in [1.29, 1.82) is 0 Å². The molecule has 0 aliphatic carbocycles. The number of aromatic nitrogens is 3. The molecule has 2 heterocycles. The Morgan fingerprint density at radius 2 is 1.91 bits per heavy atom. The quantitative estimate of drug-likeness (QED) is 0.429. The predicted octanol–water partition coefficient (Wildman–Crippen LogP) is 1.86. The van der Waals surface area contributed by atoms with Crippen molar-refractivity contribution in [3.63, 3.8) is 0 Å². The summed E-state index contributed by atoms with van der Waals surface area (Å²) in [4.78, 5) is 16.8. The molecule has 0 radical (unpaired) electrons. The molecule has 0 spiro atoms. The van der Waals surface area contributed by atoms with Crippen molar-refractivity contribution in [2.45, 2.75) is 13.8 Å². The highest BCUT2D eigenvalue weighted by Gasteiger charge is 2.18. The summed E-state index contributed by atoms with van der Waals surface area (Å²) in [7, 11) is 1.81. The van der Waals surface area contributed by atoms with Gasteiger partial charge in [-0.3, -0.25) is 14.9 Å². The Balaban J connectivity index is 2.31. The van der Waals surface area contributed by atoms with Gasteiger partial charge in [-0.2, -0.15) is 5.10 Å². The molecule has 0 fully saturated rings. The maximum atomic E-state index is 12.1. The minimum atomic E-state index is -0.350. The number of fused-ring (bicyclic) bond motifs is 1. The molecular formula is C16H17N5O. The Morgan fingerprint density at radius 3 is 2.55 bits per heavy atom. The molecule has 0 aliphatic heterocycles. The largest absolute Gasteiger partial charge is 0.290 e. The van der Waals surface area contributed by atoms with E-state index in [-0.39, 0.29) is 5.91 Å². The topological polar surface area (TPSA) is 85.8 Å². The van der Waals surface area contributed by atoms with Gasteiger partial charge in [0, 0.05) is 12.6 Å². The van der Waals surface area contributed by atoms with E-state index in [0.717, 1.165) is 16.6 Å². The average molecular weight is 295 g/mol. The van der Waals surface area contributed by atoms with Crippen molar-refractivity contribution < 1.29 is 4.79 Å². The van der Waals surface area contributed by atoms with Gasteiger partial charge in [-0.25, -0.2) is 10.8 Å². The first-order chi connectivity index (χ1) is 10.5. The molecule has 0 saturated heterocycles. The number of pyridine rings is 1. The second-order valence-electron chi connectivity index (χ2n) is 5.30. The Bertz CT molecular complexity index is 864. The normalized spacial score (nSPS) is 10.9. The smallest absolute Gasteiger partial charge is 0.266 e. The van der Waals surface area contributed by atoms with Gasteiger partial charge in [-0.05, 0) is 19.9 Å². The van der Waals surface area contributed by atoms with E-state index in [1.54, 1.807) is 10.7 Å². The third kappa shape index (κ3) is 2.23. The molecule has 6 heteroatoms. The third-order valence-corrected chi connectivity index (χ3v) is 3.69. The fourth-order valence-corrected chi connectivity index (χ4v) is 2.57. The van der Waals surface area contributed by atoms with Gasteiger partial charge in [0.2, 0.25) is 0 Å². The minimum absolute atomic E-state index is 0.350. The van der Waals surface area contributed by atoms with Crippen LogP contribution in [0.4, 0.5) is 0 Å². The third-order valence-electron chi connectivity index (χ3n) is 3.69. The molecule has 3 N–H and O–H groups in total. The lowest BCUT2D eigenvalue weighted by Gasteiger charge is -2.07.